The third kappa shape index (κ3) is 9.67. The van der Waals surface area contributed by atoms with E-state index in [1.165, 1.54) is 0 Å². The van der Waals surface area contributed by atoms with Crippen molar-refractivity contribution in [2.75, 3.05) is 39.5 Å². The number of nitrogens with zero attached hydrogens (tertiary/aromatic N) is 1. The van der Waals surface area contributed by atoms with E-state index >= 15 is 0 Å². The quantitative estimate of drug-likeness (QED) is 0.334. The van der Waals surface area contributed by atoms with Crippen LogP contribution in [-0.4, -0.2) is 61.4 Å². The minimum atomic E-state index is -1.09. The Morgan fingerprint density at radius 1 is 1.12 bits per heavy atom. The molecule has 6 heteroatoms. The molecule has 0 radical (unpaired) electrons. The summed E-state index contributed by atoms with van der Waals surface area (Å²) in [5, 5.41) is 8.89. The fourth-order valence-electron chi connectivity index (χ4n) is 2.61. The number of carboxylic acid groups (broad SMARTS) is 1. The molecule has 1 saturated heterocycles. The number of morpholine rings is 1. The van der Waals surface area contributed by atoms with Gasteiger partial charge in [0.05, 0.1) is 19.8 Å². The van der Waals surface area contributed by atoms with Crippen LogP contribution >= 0.6 is 0 Å². The fraction of sp³-hybridized carbons (Fsp3) is 0.778. The van der Waals surface area contributed by atoms with E-state index in [9.17, 15) is 9.59 Å². The lowest BCUT2D eigenvalue weighted by atomic mass is 10.1. The van der Waals surface area contributed by atoms with E-state index in [0.717, 1.165) is 77.4 Å². The van der Waals surface area contributed by atoms with Gasteiger partial charge in [-0.25, -0.2) is 9.59 Å². The Balaban J connectivity index is 2.19. The van der Waals surface area contributed by atoms with Crippen molar-refractivity contribution in [1.82, 2.24) is 4.90 Å². The number of hydrogen-bond donors (Lipinski definition) is 1. The van der Waals surface area contributed by atoms with Gasteiger partial charge in [0.25, 0.3) is 0 Å². The number of hydrogen-bond acceptors (Lipinski definition) is 5. The zero-order valence-electron chi connectivity index (χ0n) is 14.8. The fourth-order valence-corrected chi connectivity index (χ4v) is 2.61. The van der Waals surface area contributed by atoms with Crippen LogP contribution in [0.25, 0.3) is 0 Å². The monoisotopic (exact) mass is 341 g/mol. The summed E-state index contributed by atoms with van der Waals surface area (Å²) in [6.45, 7) is 7.11. The Kier molecular flexibility index (Phi) is 11.1. The van der Waals surface area contributed by atoms with E-state index in [0.29, 0.717) is 13.0 Å². The number of carboxylic acids is 1. The van der Waals surface area contributed by atoms with Gasteiger partial charge < -0.3 is 14.6 Å². The lowest BCUT2D eigenvalue weighted by molar-refractivity contribution is -0.140. The van der Waals surface area contributed by atoms with Crippen LogP contribution < -0.4 is 0 Å². The van der Waals surface area contributed by atoms with Crippen molar-refractivity contribution in [3.8, 4) is 0 Å². The highest BCUT2D eigenvalue weighted by Crippen LogP contribution is 2.13. The molecule has 0 unspecified atom stereocenters. The van der Waals surface area contributed by atoms with E-state index < -0.39 is 11.9 Å². The van der Waals surface area contributed by atoms with E-state index in [2.05, 4.69) is 4.90 Å². The summed E-state index contributed by atoms with van der Waals surface area (Å²) in [6.07, 6.45) is 7.20. The standard InChI is InChI=1S/C18H31NO5/c1-2-3-12-24-18(22)16(15-17(20)21)8-6-4-5-7-9-19-10-13-23-14-11-19/h15H,2-14H2,1H3,(H,20,21)/b16-15+. The molecule has 1 N–H and O–H groups in total. The summed E-state index contributed by atoms with van der Waals surface area (Å²) in [5.74, 6) is -1.58. The summed E-state index contributed by atoms with van der Waals surface area (Å²) < 4.78 is 10.4. The van der Waals surface area contributed by atoms with Gasteiger partial charge in [-0.15, -0.1) is 0 Å². The molecule has 138 valence electrons. The SMILES string of the molecule is CCCCOC(=O)/C(=C/C(=O)O)CCCCCCN1CCOCC1. The minimum Gasteiger partial charge on any atom is -0.478 e. The summed E-state index contributed by atoms with van der Waals surface area (Å²) >= 11 is 0. The Hall–Kier alpha value is -1.40. The van der Waals surface area contributed by atoms with Crippen LogP contribution in [0.15, 0.2) is 11.6 Å². The molecule has 1 fully saturated rings. The van der Waals surface area contributed by atoms with Crippen molar-refractivity contribution in [2.45, 2.75) is 51.9 Å². The Morgan fingerprint density at radius 3 is 2.50 bits per heavy atom. The molecule has 0 aromatic rings. The first-order valence-corrected chi connectivity index (χ1v) is 9.04. The summed E-state index contributed by atoms with van der Waals surface area (Å²) in [4.78, 5) is 25.2. The second kappa shape index (κ2) is 13.0. The first-order valence-electron chi connectivity index (χ1n) is 9.04. The van der Waals surface area contributed by atoms with Gasteiger partial charge in [-0.3, -0.25) is 4.90 Å². The van der Waals surface area contributed by atoms with Crippen molar-refractivity contribution in [2.24, 2.45) is 0 Å². The molecule has 0 bridgehead atoms. The highest BCUT2D eigenvalue weighted by atomic mass is 16.5. The maximum Gasteiger partial charge on any atom is 0.334 e. The Morgan fingerprint density at radius 2 is 1.83 bits per heavy atom. The second-order valence-corrected chi connectivity index (χ2v) is 6.12. The van der Waals surface area contributed by atoms with Gasteiger partial charge in [-0.2, -0.15) is 0 Å². The number of aliphatic carboxylic acids is 1. The first-order chi connectivity index (χ1) is 11.6. The van der Waals surface area contributed by atoms with Gasteiger partial charge in [0.1, 0.15) is 0 Å². The van der Waals surface area contributed by atoms with Gasteiger partial charge in [0, 0.05) is 24.7 Å². The van der Waals surface area contributed by atoms with Crippen LogP contribution in [0, 0.1) is 0 Å². The molecule has 1 aliphatic rings. The normalized spacial score (nSPS) is 16.1. The Labute approximate surface area is 144 Å². The lowest BCUT2D eigenvalue weighted by Crippen LogP contribution is -2.36. The molecule has 0 atom stereocenters. The molecule has 0 aliphatic carbocycles. The maximum absolute atomic E-state index is 11.9. The molecule has 0 aromatic heterocycles. The van der Waals surface area contributed by atoms with E-state index in [1.807, 2.05) is 6.92 Å². The highest BCUT2D eigenvalue weighted by Gasteiger charge is 2.13. The average molecular weight is 341 g/mol. The smallest absolute Gasteiger partial charge is 0.334 e. The number of unbranched alkanes of at least 4 members (excludes halogenated alkanes) is 4. The van der Waals surface area contributed by atoms with Gasteiger partial charge in [0.2, 0.25) is 0 Å². The molecule has 0 aromatic carbocycles. The van der Waals surface area contributed by atoms with Crippen LogP contribution in [0.3, 0.4) is 0 Å². The number of rotatable bonds is 12. The van der Waals surface area contributed by atoms with Gasteiger partial charge in [-0.1, -0.05) is 26.2 Å². The van der Waals surface area contributed by atoms with Crippen LogP contribution in [0.5, 0.6) is 0 Å². The molecule has 24 heavy (non-hydrogen) atoms. The summed E-state index contributed by atoms with van der Waals surface area (Å²) in [5.41, 5.74) is 0.270. The van der Waals surface area contributed by atoms with Crippen LogP contribution in [-0.2, 0) is 19.1 Å². The van der Waals surface area contributed by atoms with Gasteiger partial charge in [0.15, 0.2) is 0 Å². The second-order valence-electron chi connectivity index (χ2n) is 6.12. The topological polar surface area (TPSA) is 76.1 Å². The summed E-state index contributed by atoms with van der Waals surface area (Å²) in [6, 6.07) is 0. The third-order valence-electron chi connectivity index (χ3n) is 4.07. The molecule has 1 rings (SSSR count). The molecular formula is C18H31NO5. The largest absolute Gasteiger partial charge is 0.478 e. The van der Waals surface area contributed by atoms with E-state index in [-0.39, 0.29) is 5.57 Å². The Bertz CT molecular complexity index is 402. The van der Waals surface area contributed by atoms with Crippen LogP contribution in [0.4, 0.5) is 0 Å². The zero-order valence-corrected chi connectivity index (χ0v) is 14.8. The van der Waals surface area contributed by atoms with Crippen molar-refractivity contribution < 1.29 is 24.2 Å². The maximum atomic E-state index is 11.9. The average Bonchev–Trinajstić information content (AvgIpc) is 2.57. The summed E-state index contributed by atoms with van der Waals surface area (Å²) in [7, 11) is 0. The van der Waals surface area contributed by atoms with Crippen LogP contribution in [0.2, 0.25) is 0 Å². The van der Waals surface area contributed by atoms with Crippen molar-refractivity contribution in [1.29, 1.82) is 0 Å². The minimum absolute atomic E-state index is 0.270. The lowest BCUT2D eigenvalue weighted by Gasteiger charge is -2.26. The highest BCUT2D eigenvalue weighted by molar-refractivity contribution is 5.95. The van der Waals surface area contributed by atoms with E-state index in [1.54, 1.807) is 0 Å². The first kappa shape index (κ1) is 20.6. The van der Waals surface area contributed by atoms with Gasteiger partial charge in [-0.05, 0) is 32.2 Å². The number of carbonyl (C=O) groups excluding carboxylic acids is 1. The van der Waals surface area contributed by atoms with Crippen molar-refractivity contribution in [3.63, 3.8) is 0 Å². The number of ether oxygens (including phenoxy) is 2. The predicted octanol–water partition coefficient (Wildman–Crippen LogP) is 2.62. The molecular weight excluding hydrogens is 310 g/mol. The zero-order chi connectivity index (χ0) is 17.6. The molecule has 6 nitrogen and oxygen atoms in total. The number of esters is 1. The van der Waals surface area contributed by atoms with Crippen molar-refractivity contribution in [3.05, 3.63) is 11.6 Å². The number of carbonyl (C=O) groups is 2. The molecule has 0 spiro atoms. The molecule has 1 heterocycles. The van der Waals surface area contributed by atoms with Crippen LogP contribution in [0.1, 0.15) is 51.9 Å². The molecule has 1 aliphatic heterocycles. The third-order valence-corrected chi connectivity index (χ3v) is 4.07. The predicted molar refractivity (Wildman–Crippen MR) is 91.9 cm³/mol. The van der Waals surface area contributed by atoms with E-state index in [4.69, 9.17) is 14.6 Å². The molecule has 0 amide bonds. The van der Waals surface area contributed by atoms with Gasteiger partial charge >= 0.3 is 11.9 Å². The molecule has 0 saturated carbocycles. The van der Waals surface area contributed by atoms with Crippen molar-refractivity contribution >= 4 is 11.9 Å².